The second kappa shape index (κ2) is 9.84. The molecule has 0 spiro atoms. The summed E-state index contributed by atoms with van der Waals surface area (Å²) in [6, 6.07) is 61.8. The first-order valence-corrected chi connectivity index (χ1v) is 17.5. The van der Waals surface area contributed by atoms with E-state index in [-0.39, 0.29) is 0 Å². The summed E-state index contributed by atoms with van der Waals surface area (Å²) in [4.78, 5) is 5.31. The minimum Gasteiger partial charge on any atom is -0.309 e. The lowest BCUT2D eigenvalue weighted by atomic mass is 10.0. The third kappa shape index (κ3) is 3.60. The Balaban J connectivity index is 1.24. The van der Waals surface area contributed by atoms with Crippen LogP contribution in [0.4, 0.5) is 0 Å². The van der Waals surface area contributed by atoms with Gasteiger partial charge in [-0.15, -0.1) is 0 Å². The summed E-state index contributed by atoms with van der Waals surface area (Å²) in [7, 11) is 0. The van der Waals surface area contributed by atoms with Crippen LogP contribution in [0, 0.1) is 0 Å². The summed E-state index contributed by atoms with van der Waals surface area (Å²) >= 11 is 0. The van der Waals surface area contributed by atoms with Crippen molar-refractivity contribution in [2.24, 2.45) is 0 Å². The van der Waals surface area contributed by atoms with Gasteiger partial charge in [0.25, 0.3) is 0 Å². The first kappa shape index (κ1) is 27.0. The van der Waals surface area contributed by atoms with Crippen molar-refractivity contribution >= 4 is 87.1 Å². The number of hydrogen-bond donors (Lipinski definition) is 0. The molecule has 0 N–H and O–H groups in total. The van der Waals surface area contributed by atoms with E-state index in [1.54, 1.807) is 0 Å². The van der Waals surface area contributed by atoms with Crippen molar-refractivity contribution in [3.05, 3.63) is 170 Å². The van der Waals surface area contributed by atoms with E-state index in [1.807, 2.05) is 0 Å². The second-order valence-electron chi connectivity index (χ2n) is 13.6. The summed E-state index contributed by atoms with van der Waals surface area (Å²) in [5.41, 5.74) is 10.3. The van der Waals surface area contributed by atoms with Crippen molar-refractivity contribution in [1.29, 1.82) is 0 Å². The van der Waals surface area contributed by atoms with Crippen molar-refractivity contribution in [2.75, 3.05) is 0 Å². The maximum absolute atomic E-state index is 5.31. The van der Waals surface area contributed by atoms with Crippen molar-refractivity contribution in [3.8, 4) is 17.2 Å². The zero-order valence-electron chi connectivity index (χ0n) is 27.5. The molecule has 4 nitrogen and oxygen atoms in total. The average Bonchev–Trinajstić information content (AvgIpc) is 3.83. The molecular weight excluding hydrogens is 621 g/mol. The van der Waals surface area contributed by atoms with Crippen molar-refractivity contribution in [3.63, 3.8) is 0 Å². The van der Waals surface area contributed by atoms with Crippen LogP contribution in [0.15, 0.2) is 170 Å². The molecule has 0 radical (unpaired) electrons. The normalized spacial score (nSPS) is 12.3. The molecule has 0 aliphatic heterocycles. The summed E-state index contributed by atoms with van der Waals surface area (Å²) in [6.45, 7) is 0. The number of nitrogens with zero attached hydrogens (tertiary/aromatic N) is 4. The molecule has 236 valence electrons. The van der Waals surface area contributed by atoms with Crippen LogP contribution in [0.1, 0.15) is 0 Å². The third-order valence-corrected chi connectivity index (χ3v) is 10.9. The van der Waals surface area contributed by atoms with Gasteiger partial charge in [-0.1, -0.05) is 103 Å². The van der Waals surface area contributed by atoms with Gasteiger partial charge in [0.05, 0.1) is 38.6 Å². The minimum atomic E-state index is 0.909. The Hall–Kier alpha value is -6.91. The highest BCUT2D eigenvalue weighted by Gasteiger charge is 2.22. The number of para-hydroxylation sites is 5. The molecule has 0 unspecified atom stereocenters. The van der Waals surface area contributed by atoms with E-state index in [0.29, 0.717) is 0 Å². The fraction of sp³-hybridized carbons (Fsp3) is 0. The summed E-state index contributed by atoms with van der Waals surface area (Å²) in [5, 5.41) is 11.1. The molecule has 0 aliphatic carbocycles. The topological polar surface area (TPSA) is 27.7 Å². The van der Waals surface area contributed by atoms with Crippen LogP contribution in [0.3, 0.4) is 0 Å². The minimum absolute atomic E-state index is 0.909. The number of benzene rings is 8. The van der Waals surface area contributed by atoms with Crippen molar-refractivity contribution in [1.82, 2.24) is 18.7 Å². The van der Waals surface area contributed by atoms with Gasteiger partial charge in [-0.2, -0.15) is 0 Å². The number of aromatic nitrogens is 4. The monoisotopic (exact) mass is 648 g/mol. The summed E-state index contributed by atoms with van der Waals surface area (Å²) in [5.74, 6) is 0.909. The van der Waals surface area contributed by atoms with E-state index in [9.17, 15) is 0 Å². The van der Waals surface area contributed by atoms with Crippen LogP contribution in [-0.4, -0.2) is 18.7 Å². The number of rotatable bonds is 3. The van der Waals surface area contributed by atoms with Crippen LogP contribution in [-0.2, 0) is 0 Å². The molecule has 0 saturated carbocycles. The largest absolute Gasteiger partial charge is 0.309 e. The van der Waals surface area contributed by atoms with E-state index in [0.717, 1.165) is 39.1 Å². The lowest BCUT2D eigenvalue weighted by molar-refractivity contribution is 1.09. The van der Waals surface area contributed by atoms with Gasteiger partial charge in [0.2, 0.25) is 0 Å². The maximum atomic E-state index is 5.31. The molecular formula is C47H28N4. The van der Waals surface area contributed by atoms with Crippen LogP contribution in [0.5, 0.6) is 0 Å². The summed E-state index contributed by atoms with van der Waals surface area (Å²) < 4.78 is 7.23. The molecule has 0 bridgehead atoms. The quantitative estimate of drug-likeness (QED) is 0.175. The van der Waals surface area contributed by atoms with E-state index in [1.165, 1.54) is 65.2 Å². The molecule has 0 aliphatic rings. The van der Waals surface area contributed by atoms with E-state index in [2.05, 4.69) is 184 Å². The lowest BCUT2D eigenvalue weighted by Crippen LogP contribution is -2.00. The van der Waals surface area contributed by atoms with Gasteiger partial charge in [-0.3, -0.25) is 4.57 Å². The molecule has 0 atom stereocenters. The predicted octanol–water partition coefficient (Wildman–Crippen LogP) is 12.1. The third-order valence-electron chi connectivity index (χ3n) is 10.9. The van der Waals surface area contributed by atoms with Crippen molar-refractivity contribution < 1.29 is 0 Å². The van der Waals surface area contributed by atoms with Crippen LogP contribution >= 0.6 is 0 Å². The predicted molar refractivity (Wildman–Crippen MR) is 213 cm³/mol. The van der Waals surface area contributed by atoms with Crippen LogP contribution in [0.2, 0.25) is 0 Å². The highest BCUT2D eigenvalue weighted by atomic mass is 15.1. The molecule has 8 aromatic carbocycles. The Kier molecular flexibility index (Phi) is 5.20. The average molecular weight is 649 g/mol. The van der Waals surface area contributed by atoms with E-state index in [4.69, 9.17) is 4.98 Å². The number of pyridine rings is 1. The first-order valence-electron chi connectivity index (χ1n) is 17.5. The fourth-order valence-electron chi connectivity index (χ4n) is 8.82. The molecule has 0 saturated heterocycles. The van der Waals surface area contributed by atoms with Crippen LogP contribution in [0.25, 0.3) is 104 Å². The molecule has 12 rings (SSSR count). The Bertz CT molecular complexity index is 3080. The molecule has 4 aromatic heterocycles. The van der Waals surface area contributed by atoms with Gasteiger partial charge >= 0.3 is 0 Å². The zero-order valence-corrected chi connectivity index (χ0v) is 27.5. The SMILES string of the molecule is c1ccc2nc(-n3c4cc(-n5c6ccccc6c6ccccc65)cc5ccc6cc(-n7c8ccccc8c8ccccc87)cc3c6c54)ccc2c1. The van der Waals surface area contributed by atoms with Gasteiger partial charge in [0.15, 0.2) is 0 Å². The Morgan fingerprint density at radius 2 is 0.725 bits per heavy atom. The van der Waals surface area contributed by atoms with Crippen LogP contribution < -0.4 is 0 Å². The van der Waals surface area contributed by atoms with E-state index >= 15 is 0 Å². The molecule has 4 heteroatoms. The van der Waals surface area contributed by atoms with Gasteiger partial charge in [0, 0.05) is 49.1 Å². The van der Waals surface area contributed by atoms with Gasteiger partial charge < -0.3 is 9.13 Å². The van der Waals surface area contributed by atoms with Crippen molar-refractivity contribution in [2.45, 2.75) is 0 Å². The standard InChI is InChI=1S/C47H28N4/c1-6-16-38-29(11-1)23-24-45(48-38)51-43-27-32(49-39-17-7-2-12-34(39)35-13-3-8-18-40(35)49)25-30-21-22-31-26-33(28-44(51)47(31)46(30)43)50-41-19-9-4-14-36(41)37-15-5-10-20-42(37)50/h1-28H. The first-order chi connectivity index (χ1) is 25.3. The summed E-state index contributed by atoms with van der Waals surface area (Å²) in [6.07, 6.45) is 0. The highest BCUT2D eigenvalue weighted by Crippen LogP contribution is 2.43. The highest BCUT2D eigenvalue weighted by molar-refractivity contribution is 6.25. The lowest BCUT2D eigenvalue weighted by Gasteiger charge is -2.12. The molecule has 51 heavy (non-hydrogen) atoms. The maximum Gasteiger partial charge on any atom is 0.138 e. The Morgan fingerprint density at radius 1 is 0.314 bits per heavy atom. The fourth-order valence-corrected chi connectivity index (χ4v) is 8.82. The molecule has 0 fully saturated rings. The van der Waals surface area contributed by atoms with Gasteiger partial charge in [-0.05, 0) is 77.5 Å². The molecule has 12 aromatic rings. The Labute approximate surface area is 292 Å². The molecule has 0 amide bonds. The number of hydrogen-bond acceptors (Lipinski definition) is 1. The number of fused-ring (bicyclic) bond motifs is 7. The Morgan fingerprint density at radius 3 is 1.22 bits per heavy atom. The second-order valence-corrected chi connectivity index (χ2v) is 13.6. The smallest absolute Gasteiger partial charge is 0.138 e. The van der Waals surface area contributed by atoms with Gasteiger partial charge in [-0.25, -0.2) is 4.98 Å². The zero-order chi connectivity index (χ0) is 33.2. The molecule has 4 heterocycles. The van der Waals surface area contributed by atoms with E-state index < -0.39 is 0 Å². The van der Waals surface area contributed by atoms with Gasteiger partial charge in [0.1, 0.15) is 5.82 Å².